The van der Waals surface area contributed by atoms with Crippen molar-refractivity contribution >= 4 is 39.2 Å². The average molecular weight is 356 g/mol. The van der Waals surface area contributed by atoms with Crippen molar-refractivity contribution in [2.24, 2.45) is 5.73 Å². The Morgan fingerprint density at radius 1 is 1.50 bits per heavy atom. The predicted molar refractivity (Wildman–Crippen MR) is 84.2 cm³/mol. The van der Waals surface area contributed by atoms with Gasteiger partial charge in [0.25, 0.3) is 0 Å². The highest BCUT2D eigenvalue weighted by Crippen LogP contribution is 2.34. The van der Waals surface area contributed by atoms with Gasteiger partial charge in [0.15, 0.2) is 5.11 Å². The van der Waals surface area contributed by atoms with Crippen LogP contribution in [0.4, 0.5) is 0 Å². The smallest absolute Gasteiger partial charge is 0.248 e. The fourth-order valence-corrected chi connectivity index (χ4v) is 2.83. The van der Waals surface area contributed by atoms with Crippen molar-refractivity contribution in [2.45, 2.75) is 13.0 Å². The summed E-state index contributed by atoms with van der Waals surface area (Å²) in [5.74, 6) is 0.152. The summed E-state index contributed by atoms with van der Waals surface area (Å²) in [6.07, 6.45) is 0. The van der Waals surface area contributed by atoms with Crippen LogP contribution in [-0.4, -0.2) is 18.1 Å². The molecule has 0 saturated carbocycles. The van der Waals surface area contributed by atoms with Crippen molar-refractivity contribution in [3.63, 3.8) is 0 Å². The van der Waals surface area contributed by atoms with Gasteiger partial charge in [-0.15, -0.1) is 0 Å². The Labute approximate surface area is 130 Å². The van der Waals surface area contributed by atoms with Crippen LogP contribution in [0.5, 0.6) is 5.75 Å². The zero-order valence-corrected chi connectivity index (χ0v) is 13.4. The highest BCUT2D eigenvalue weighted by atomic mass is 79.9. The average Bonchev–Trinajstić information content (AvgIpc) is 2.37. The van der Waals surface area contributed by atoms with Crippen molar-refractivity contribution in [3.8, 4) is 5.75 Å². The summed E-state index contributed by atoms with van der Waals surface area (Å²) in [5.41, 5.74) is 7.36. The van der Waals surface area contributed by atoms with E-state index in [-0.39, 0.29) is 0 Å². The minimum Gasteiger partial charge on any atom is -0.496 e. The highest BCUT2D eigenvalue weighted by Gasteiger charge is 2.30. The number of carbonyl (C=O) groups is 1. The topological polar surface area (TPSA) is 76.4 Å². The molecule has 1 aromatic carbocycles. The lowest BCUT2D eigenvalue weighted by Crippen LogP contribution is -2.46. The number of nitrogens with two attached hydrogens (primary N) is 1. The van der Waals surface area contributed by atoms with Crippen LogP contribution >= 0.6 is 28.1 Å². The molecule has 1 heterocycles. The number of benzene rings is 1. The van der Waals surface area contributed by atoms with Crippen LogP contribution in [0.3, 0.4) is 0 Å². The molecule has 20 heavy (non-hydrogen) atoms. The summed E-state index contributed by atoms with van der Waals surface area (Å²) in [4.78, 5) is 11.7. The molecule has 0 aromatic heterocycles. The molecule has 2 rings (SSSR count). The van der Waals surface area contributed by atoms with Gasteiger partial charge in [-0.1, -0.05) is 15.9 Å². The van der Waals surface area contributed by atoms with E-state index in [0.717, 1.165) is 10.0 Å². The quantitative estimate of drug-likeness (QED) is 0.720. The molecule has 1 atom stereocenters. The molecule has 1 amide bonds. The Morgan fingerprint density at radius 2 is 2.20 bits per heavy atom. The first-order chi connectivity index (χ1) is 9.43. The molecule has 0 spiro atoms. The third-order valence-electron chi connectivity index (χ3n) is 3.04. The molecule has 106 valence electrons. The molecule has 0 radical (unpaired) electrons. The lowest BCUT2D eigenvalue weighted by Gasteiger charge is -2.30. The molecule has 1 unspecified atom stereocenters. The van der Waals surface area contributed by atoms with Gasteiger partial charge in [0.05, 0.1) is 18.7 Å². The zero-order valence-electron chi connectivity index (χ0n) is 11.0. The first-order valence-corrected chi connectivity index (χ1v) is 7.05. The van der Waals surface area contributed by atoms with Gasteiger partial charge in [-0.05, 0) is 37.3 Å². The van der Waals surface area contributed by atoms with E-state index >= 15 is 0 Å². The number of methoxy groups -OCH3 is 1. The van der Waals surface area contributed by atoms with Crippen LogP contribution in [0.1, 0.15) is 18.5 Å². The lowest BCUT2D eigenvalue weighted by molar-refractivity contribution is -0.115. The Morgan fingerprint density at radius 3 is 2.80 bits per heavy atom. The second-order valence-corrected chi connectivity index (χ2v) is 5.64. The normalized spacial score (nSPS) is 18.4. The summed E-state index contributed by atoms with van der Waals surface area (Å²) >= 11 is 8.57. The first kappa shape index (κ1) is 14.8. The van der Waals surface area contributed by atoms with Crippen LogP contribution in [0, 0.1) is 0 Å². The third-order valence-corrected chi connectivity index (χ3v) is 3.75. The number of amides is 1. The molecule has 1 aliphatic heterocycles. The second-order valence-electron chi connectivity index (χ2n) is 4.32. The molecule has 7 heteroatoms. The monoisotopic (exact) mass is 355 g/mol. The zero-order chi connectivity index (χ0) is 14.9. The molecule has 4 N–H and O–H groups in total. The molecular weight excluding hydrogens is 342 g/mol. The van der Waals surface area contributed by atoms with Crippen molar-refractivity contribution in [2.75, 3.05) is 7.11 Å². The number of hydrogen-bond donors (Lipinski definition) is 3. The van der Waals surface area contributed by atoms with Gasteiger partial charge in [-0.3, -0.25) is 4.79 Å². The largest absolute Gasteiger partial charge is 0.496 e. The number of ether oxygens (including phenoxy) is 1. The SMILES string of the molecule is COc1ccc(Br)cc1C1NC(=S)NC(C)=C1C(N)=O. The van der Waals surface area contributed by atoms with Gasteiger partial charge in [-0.25, -0.2) is 0 Å². The van der Waals surface area contributed by atoms with Crippen molar-refractivity contribution < 1.29 is 9.53 Å². The van der Waals surface area contributed by atoms with E-state index in [1.54, 1.807) is 14.0 Å². The molecular formula is C13H14BrN3O2S. The van der Waals surface area contributed by atoms with E-state index in [4.69, 9.17) is 22.7 Å². The van der Waals surface area contributed by atoms with E-state index in [9.17, 15) is 4.79 Å². The first-order valence-electron chi connectivity index (χ1n) is 5.85. The highest BCUT2D eigenvalue weighted by molar-refractivity contribution is 9.10. The molecule has 1 aliphatic rings. The molecule has 0 saturated heterocycles. The maximum absolute atomic E-state index is 11.7. The number of primary amides is 1. The van der Waals surface area contributed by atoms with Crippen LogP contribution in [0.2, 0.25) is 0 Å². The number of hydrogen-bond acceptors (Lipinski definition) is 3. The Bertz CT molecular complexity index is 616. The van der Waals surface area contributed by atoms with Gasteiger partial charge in [-0.2, -0.15) is 0 Å². The lowest BCUT2D eigenvalue weighted by atomic mass is 9.94. The van der Waals surface area contributed by atoms with Crippen LogP contribution in [-0.2, 0) is 4.79 Å². The molecule has 0 bridgehead atoms. The van der Waals surface area contributed by atoms with E-state index in [1.807, 2.05) is 18.2 Å². The molecule has 0 aliphatic carbocycles. The van der Waals surface area contributed by atoms with Gasteiger partial charge in [0, 0.05) is 15.7 Å². The van der Waals surface area contributed by atoms with Crippen LogP contribution in [0.25, 0.3) is 0 Å². The van der Waals surface area contributed by atoms with Crippen LogP contribution < -0.4 is 21.1 Å². The predicted octanol–water partition coefficient (Wildman–Crippen LogP) is 1.74. The Kier molecular flexibility index (Phi) is 4.29. The van der Waals surface area contributed by atoms with Gasteiger partial charge < -0.3 is 21.1 Å². The minimum absolute atomic E-state index is 0.436. The van der Waals surface area contributed by atoms with E-state index < -0.39 is 11.9 Å². The van der Waals surface area contributed by atoms with Crippen molar-refractivity contribution in [1.82, 2.24) is 10.6 Å². The van der Waals surface area contributed by atoms with E-state index in [2.05, 4.69) is 26.6 Å². The number of nitrogens with one attached hydrogen (secondary N) is 2. The second kappa shape index (κ2) is 5.80. The van der Waals surface area contributed by atoms with E-state index in [0.29, 0.717) is 22.1 Å². The molecule has 1 aromatic rings. The number of halogens is 1. The number of rotatable bonds is 3. The summed E-state index contributed by atoms with van der Waals surface area (Å²) in [6, 6.07) is 5.12. The third kappa shape index (κ3) is 2.78. The Balaban J connectivity index is 2.59. The number of allylic oxidation sites excluding steroid dienone is 1. The van der Waals surface area contributed by atoms with Gasteiger partial charge in [0.2, 0.25) is 5.91 Å². The number of thiocarbonyl (C=S) groups is 1. The molecule has 0 fully saturated rings. The fraction of sp³-hybridized carbons (Fsp3) is 0.231. The number of carbonyl (C=O) groups excluding carboxylic acids is 1. The van der Waals surface area contributed by atoms with Gasteiger partial charge >= 0.3 is 0 Å². The summed E-state index contributed by atoms with van der Waals surface area (Å²) < 4.78 is 6.23. The Hall–Kier alpha value is -1.60. The summed E-state index contributed by atoms with van der Waals surface area (Å²) in [6.45, 7) is 1.77. The summed E-state index contributed by atoms with van der Waals surface area (Å²) in [7, 11) is 1.58. The van der Waals surface area contributed by atoms with E-state index in [1.165, 1.54) is 0 Å². The molecule has 5 nitrogen and oxygen atoms in total. The fourth-order valence-electron chi connectivity index (χ4n) is 2.18. The maximum Gasteiger partial charge on any atom is 0.248 e. The summed E-state index contributed by atoms with van der Waals surface area (Å²) in [5, 5.41) is 6.41. The van der Waals surface area contributed by atoms with Crippen LogP contribution in [0.15, 0.2) is 33.9 Å². The van der Waals surface area contributed by atoms with Gasteiger partial charge in [0.1, 0.15) is 5.75 Å². The standard InChI is InChI=1S/C13H14BrN3O2S/c1-6-10(12(15)18)11(17-13(20)16-6)8-5-7(14)3-4-9(8)19-2/h3-5,11H,1-2H3,(H2,15,18)(H2,16,17,20). The maximum atomic E-state index is 11.7. The van der Waals surface area contributed by atoms with Crippen molar-refractivity contribution in [3.05, 3.63) is 39.5 Å². The van der Waals surface area contributed by atoms with Crippen molar-refractivity contribution in [1.29, 1.82) is 0 Å². The minimum atomic E-state index is -0.503.